The number of nitrogens with one attached hydrogen (secondary N) is 2. The van der Waals surface area contributed by atoms with Crippen LogP contribution in [0.3, 0.4) is 0 Å². The van der Waals surface area contributed by atoms with Gasteiger partial charge < -0.3 is 29.6 Å². The Morgan fingerprint density at radius 3 is 1.85 bits per heavy atom. The molecule has 0 aliphatic carbocycles. The lowest BCUT2D eigenvalue weighted by Crippen LogP contribution is -2.25. The summed E-state index contributed by atoms with van der Waals surface area (Å²) in [6.07, 6.45) is 3.32. The molecule has 0 rings (SSSR count). The average Bonchev–Trinajstić information content (AvgIpc) is 2.61. The minimum absolute atomic E-state index is 0.0747. The van der Waals surface area contributed by atoms with E-state index in [2.05, 4.69) is 24.5 Å². The normalized spacial score (nSPS) is 11.5. The van der Waals surface area contributed by atoms with Gasteiger partial charge in [-0.1, -0.05) is 13.8 Å². The number of hydrogen-bond donors (Lipinski definition) is 2. The van der Waals surface area contributed by atoms with Crippen LogP contribution in [-0.2, 0) is 23.7 Å². The zero-order valence-corrected chi connectivity index (χ0v) is 17.9. The molecule has 0 aliphatic heterocycles. The van der Waals surface area contributed by atoms with Crippen LogP contribution in [0.15, 0.2) is 0 Å². The first-order chi connectivity index (χ1) is 13.0. The van der Waals surface area contributed by atoms with E-state index in [0.29, 0.717) is 58.6 Å². The molecule has 0 aromatic heterocycles. The largest absolute Gasteiger partial charge is 0.379 e. The van der Waals surface area contributed by atoms with Gasteiger partial charge in [-0.15, -0.1) is 0 Å². The van der Waals surface area contributed by atoms with Crippen molar-refractivity contribution in [3.63, 3.8) is 0 Å². The molecule has 2 N–H and O–H groups in total. The van der Waals surface area contributed by atoms with Crippen LogP contribution in [0, 0.1) is 0 Å². The summed E-state index contributed by atoms with van der Waals surface area (Å²) in [5.74, 6) is 0.0747. The maximum Gasteiger partial charge on any atom is 0.220 e. The molecule has 0 spiro atoms. The van der Waals surface area contributed by atoms with E-state index in [4.69, 9.17) is 18.9 Å². The fourth-order valence-electron chi connectivity index (χ4n) is 2.15. The Labute approximate surface area is 165 Å². The molecule has 0 atom stereocenters. The number of carbonyl (C=O) groups excluding carboxylic acids is 1. The Bertz CT molecular complexity index is 327. The first-order valence-electron chi connectivity index (χ1n) is 10.4. The summed E-state index contributed by atoms with van der Waals surface area (Å²) in [7, 11) is 0. The smallest absolute Gasteiger partial charge is 0.220 e. The average molecular weight is 391 g/mol. The summed E-state index contributed by atoms with van der Waals surface area (Å²) >= 11 is 0. The van der Waals surface area contributed by atoms with E-state index in [0.717, 1.165) is 32.4 Å². The van der Waals surface area contributed by atoms with E-state index < -0.39 is 0 Å². The van der Waals surface area contributed by atoms with E-state index >= 15 is 0 Å². The number of hydrogen-bond acceptors (Lipinski definition) is 6. The number of ether oxygens (including phenoxy) is 4. The number of carbonyl (C=O) groups is 1. The maximum absolute atomic E-state index is 11.6. The quantitative estimate of drug-likeness (QED) is 0.310. The summed E-state index contributed by atoms with van der Waals surface area (Å²) in [6, 6.07) is 0.527. The third-order valence-corrected chi connectivity index (χ3v) is 3.55. The molecule has 0 radical (unpaired) electrons. The highest BCUT2D eigenvalue weighted by Gasteiger charge is 2.01. The van der Waals surface area contributed by atoms with E-state index in [9.17, 15) is 4.79 Å². The van der Waals surface area contributed by atoms with Crippen molar-refractivity contribution < 1.29 is 23.7 Å². The second-order valence-electron chi connectivity index (χ2n) is 7.03. The summed E-state index contributed by atoms with van der Waals surface area (Å²) in [6.45, 7) is 14.3. The third kappa shape index (κ3) is 23.2. The van der Waals surface area contributed by atoms with Crippen molar-refractivity contribution in [3.8, 4) is 0 Å². The van der Waals surface area contributed by atoms with E-state index in [1.807, 2.05) is 13.8 Å². The van der Waals surface area contributed by atoms with Gasteiger partial charge in [-0.25, -0.2) is 0 Å². The lowest BCUT2D eigenvalue weighted by molar-refractivity contribution is -0.121. The van der Waals surface area contributed by atoms with Crippen LogP contribution in [0.2, 0.25) is 0 Å². The minimum atomic E-state index is 0.0747. The molecule has 7 nitrogen and oxygen atoms in total. The van der Waals surface area contributed by atoms with Crippen molar-refractivity contribution in [2.24, 2.45) is 0 Å². The van der Waals surface area contributed by atoms with Crippen molar-refractivity contribution in [2.45, 2.75) is 65.5 Å². The van der Waals surface area contributed by atoms with Crippen LogP contribution in [0.4, 0.5) is 0 Å². The van der Waals surface area contributed by atoms with Crippen molar-refractivity contribution in [1.29, 1.82) is 0 Å². The standard InChI is InChI=1S/C20H42N2O5/c1-18(2)21-9-6-11-24-14-16-26-17-15-25-12-7-10-22-20(23)8-5-13-27-19(3)4/h18-19,21H,5-17H2,1-4H3,(H,22,23). The van der Waals surface area contributed by atoms with E-state index in [1.54, 1.807) is 0 Å². The lowest BCUT2D eigenvalue weighted by atomic mass is 10.3. The third-order valence-electron chi connectivity index (χ3n) is 3.55. The van der Waals surface area contributed by atoms with Crippen LogP contribution < -0.4 is 10.6 Å². The highest BCUT2D eigenvalue weighted by molar-refractivity contribution is 5.75. The Morgan fingerprint density at radius 1 is 0.741 bits per heavy atom. The number of amides is 1. The summed E-state index contributed by atoms with van der Waals surface area (Å²) in [5, 5.41) is 6.24. The predicted octanol–water partition coefficient (Wildman–Crippen LogP) is 2.14. The predicted molar refractivity (Wildman–Crippen MR) is 108 cm³/mol. The number of rotatable bonds is 20. The van der Waals surface area contributed by atoms with Crippen LogP contribution in [0.25, 0.3) is 0 Å². The molecule has 27 heavy (non-hydrogen) atoms. The van der Waals surface area contributed by atoms with Crippen LogP contribution in [0.5, 0.6) is 0 Å². The molecule has 0 aromatic carbocycles. The van der Waals surface area contributed by atoms with Crippen molar-refractivity contribution in [2.75, 3.05) is 59.3 Å². The lowest BCUT2D eigenvalue weighted by Gasteiger charge is -2.09. The Hall–Kier alpha value is -0.730. The van der Waals surface area contributed by atoms with Crippen molar-refractivity contribution in [3.05, 3.63) is 0 Å². The van der Waals surface area contributed by atoms with Gasteiger partial charge in [-0.2, -0.15) is 0 Å². The van der Waals surface area contributed by atoms with Gasteiger partial charge in [0.15, 0.2) is 0 Å². The summed E-state index contributed by atoms with van der Waals surface area (Å²) in [4.78, 5) is 11.6. The summed E-state index contributed by atoms with van der Waals surface area (Å²) < 4.78 is 21.8. The Balaban J connectivity index is 3.13. The van der Waals surface area contributed by atoms with E-state index in [1.165, 1.54) is 0 Å². The molecular formula is C20H42N2O5. The first-order valence-corrected chi connectivity index (χ1v) is 10.4. The maximum atomic E-state index is 11.6. The second-order valence-corrected chi connectivity index (χ2v) is 7.03. The van der Waals surface area contributed by atoms with Crippen LogP contribution in [0.1, 0.15) is 53.4 Å². The topological polar surface area (TPSA) is 78.0 Å². The van der Waals surface area contributed by atoms with Gasteiger partial charge in [0.25, 0.3) is 0 Å². The summed E-state index contributed by atoms with van der Waals surface area (Å²) in [5.41, 5.74) is 0. The molecule has 0 fully saturated rings. The fraction of sp³-hybridized carbons (Fsp3) is 0.950. The molecule has 1 amide bonds. The van der Waals surface area contributed by atoms with Gasteiger partial charge in [0, 0.05) is 38.8 Å². The van der Waals surface area contributed by atoms with Gasteiger partial charge >= 0.3 is 0 Å². The monoisotopic (exact) mass is 390 g/mol. The molecule has 0 heterocycles. The SMILES string of the molecule is CC(C)NCCCOCCOCCOCCCNC(=O)CCCOC(C)C. The zero-order valence-electron chi connectivity index (χ0n) is 17.9. The van der Waals surface area contributed by atoms with Gasteiger partial charge in [0.2, 0.25) is 5.91 Å². The second kappa shape index (κ2) is 20.0. The van der Waals surface area contributed by atoms with Crippen molar-refractivity contribution in [1.82, 2.24) is 10.6 Å². The zero-order chi connectivity index (χ0) is 20.2. The molecule has 0 unspecified atom stereocenters. The Kier molecular flexibility index (Phi) is 19.5. The van der Waals surface area contributed by atoms with Gasteiger partial charge in [0.05, 0.1) is 32.5 Å². The highest BCUT2D eigenvalue weighted by atomic mass is 16.5. The molecule has 0 bridgehead atoms. The minimum Gasteiger partial charge on any atom is -0.379 e. The molecule has 0 aromatic rings. The van der Waals surface area contributed by atoms with Gasteiger partial charge in [-0.05, 0) is 39.7 Å². The Morgan fingerprint density at radius 2 is 1.30 bits per heavy atom. The molecule has 0 saturated carbocycles. The molecule has 0 aliphatic rings. The molecule has 7 heteroatoms. The van der Waals surface area contributed by atoms with Gasteiger partial charge in [-0.3, -0.25) is 4.79 Å². The molecule has 0 saturated heterocycles. The van der Waals surface area contributed by atoms with Gasteiger partial charge in [0.1, 0.15) is 0 Å². The molecular weight excluding hydrogens is 348 g/mol. The molecule has 162 valence electrons. The fourth-order valence-corrected chi connectivity index (χ4v) is 2.15. The highest BCUT2D eigenvalue weighted by Crippen LogP contribution is 1.94. The van der Waals surface area contributed by atoms with E-state index in [-0.39, 0.29) is 12.0 Å². The van der Waals surface area contributed by atoms with Crippen LogP contribution in [-0.4, -0.2) is 77.4 Å². The van der Waals surface area contributed by atoms with Crippen LogP contribution >= 0.6 is 0 Å². The first kappa shape index (κ1) is 26.3. The van der Waals surface area contributed by atoms with Crippen molar-refractivity contribution >= 4 is 5.91 Å².